The molecule has 0 aromatic carbocycles. The molecule has 0 saturated heterocycles. The van der Waals surface area contributed by atoms with E-state index < -0.39 is 0 Å². The molecule has 2 heteroatoms. The van der Waals surface area contributed by atoms with Crippen LogP contribution in [-0.4, -0.2) is 12.6 Å². The van der Waals surface area contributed by atoms with E-state index in [1.807, 2.05) is 6.08 Å². The number of unbranched alkanes of at least 4 members (excludes halogenated alkanes) is 4. The van der Waals surface area contributed by atoms with Crippen molar-refractivity contribution in [2.75, 3.05) is 0 Å². The Morgan fingerprint density at radius 1 is 1.07 bits per heavy atom. The lowest BCUT2D eigenvalue weighted by Crippen LogP contribution is -1.87. The minimum atomic E-state index is 0.648. The van der Waals surface area contributed by atoms with Gasteiger partial charge in [0.15, 0.2) is 0 Å². The molecule has 0 saturated carbocycles. The van der Waals surface area contributed by atoms with Crippen LogP contribution < -0.4 is 0 Å². The van der Waals surface area contributed by atoms with Gasteiger partial charge in [-0.15, -0.1) is 0 Å². The maximum absolute atomic E-state index is 10.6. The van der Waals surface area contributed by atoms with Gasteiger partial charge in [-0.1, -0.05) is 25.8 Å². The third-order valence-electron chi connectivity index (χ3n) is 2.13. The van der Waals surface area contributed by atoms with Crippen LogP contribution in [0.15, 0.2) is 11.6 Å². The number of carbonyl (C=O) groups is 2. The van der Waals surface area contributed by atoms with Gasteiger partial charge in [-0.05, 0) is 31.3 Å². The Labute approximate surface area is 86.4 Å². The van der Waals surface area contributed by atoms with Crippen molar-refractivity contribution in [1.82, 2.24) is 0 Å². The Bertz CT molecular complexity index is 183. The van der Waals surface area contributed by atoms with Gasteiger partial charge in [-0.2, -0.15) is 0 Å². The summed E-state index contributed by atoms with van der Waals surface area (Å²) in [5.41, 5.74) is 0.915. The highest BCUT2D eigenvalue weighted by Crippen LogP contribution is 2.09. The second kappa shape index (κ2) is 10.2. The van der Waals surface area contributed by atoms with Gasteiger partial charge in [0.2, 0.25) is 0 Å². The highest BCUT2D eigenvalue weighted by Gasteiger charge is 1.95. The van der Waals surface area contributed by atoms with E-state index in [-0.39, 0.29) is 0 Å². The normalized spacial score (nSPS) is 11.4. The fourth-order valence-corrected chi connectivity index (χ4v) is 1.27. The van der Waals surface area contributed by atoms with Crippen molar-refractivity contribution in [2.45, 2.75) is 51.9 Å². The first-order valence-electron chi connectivity index (χ1n) is 5.43. The summed E-state index contributed by atoms with van der Waals surface area (Å²) in [5.74, 6) is 0. The zero-order valence-corrected chi connectivity index (χ0v) is 9.00. The predicted molar refractivity (Wildman–Crippen MR) is 58.2 cm³/mol. The topological polar surface area (TPSA) is 34.1 Å². The van der Waals surface area contributed by atoms with E-state index >= 15 is 0 Å². The molecule has 0 aliphatic heterocycles. The van der Waals surface area contributed by atoms with Crippen molar-refractivity contribution in [3.63, 3.8) is 0 Å². The van der Waals surface area contributed by atoms with E-state index in [2.05, 4.69) is 6.92 Å². The second-order valence-corrected chi connectivity index (χ2v) is 3.45. The van der Waals surface area contributed by atoms with Crippen LogP contribution in [-0.2, 0) is 9.59 Å². The molecule has 0 unspecified atom stereocenters. The Morgan fingerprint density at radius 2 is 1.86 bits per heavy atom. The van der Waals surface area contributed by atoms with Crippen LogP contribution in [0.3, 0.4) is 0 Å². The molecule has 0 spiro atoms. The molecule has 0 amide bonds. The molecule has 0 rings (SSSR count). The number of allylic oxidation sites excluding steroid dienone is 2. The average molecular weight is 196 g/mol. The minimum Gasteiger partial charge on any atom is -0.303 e. The fourth-order valence-electron chi connectivity index (χ4n) is 1.27. The average Bonchev–Trinajstić information content (AvgIpc) is 2.22. The minimum absolute atomic E-state index is 0.648. The van der Waals surface area contributed by atoms with Crippen LogP contribution in [0.25, 0.3) is 0 Å². The van der Waals surface area contributed by atoms with Crippen LogP contribution in [0.1, 0.15) is 51.9 Å². The zero-order chi connectivity index (χ0) is 10.6. The van der Waals surface area contributed by atoms with E-state index in [0.29, 0.717) is 6.42 Å². The molecule has 0 fully saturated rings. The van der Waals surface area contributed by atoms with E-state index in [1.54, 1.807) is 0 Å². The molecule has 0 bridgehead atoms. The Kier molecular flexibility index (Phi) is 9.49. The molecule has 80 valence electrons. The van der Waals surface area contributed by atoms with Gasteiger partial charge >= 0.3 is 0 Å². The molecule has 2 nitrogen and oxygen atoms in total. The Morgan fingerprint density at radius 3 is 2.43 bits per heavy atom. The molecule has 0 N–H and O–H groups in total. The van der Waals surface area contributed by atoms with E-state index in [9.17, 15) is 9.59 Å². The fraction of sp³-hybridized carbons (Fsp3) is 0.667. The van der Waals surface area contributed by atoms with Crippen LogP contribution in [0.4, 0.5) is 0 Å². The van der Waals surface area contributed by atoms with Crippen molar-refractivity contribution < 1.29 is 9.59 Å². The van der Waals surface area contributed by atoms with E-state index in [1.165, 1.54) is 0 Å². The second-order valence-electron chi connectivity index (χ2n) is 3.45. The van der Waals surface area contributed by atoms with Crippen LogP contribution in [0.2, 0.25) is 0 Å². The molecular weight excluding hydrogens is 176 g/mol. The van der Waals surface area contributed by atoms with Crippen molar-refractivity contribution >= 4 is 12.6 Å². The summed E-state index contributed by atoms with van der Waals surface area (Å²) in [6.45, 7) is 2.10. The number of rotatable bonds is 9. The zero-order valence-electron chi connectivity index (χ0n) is 9.00. The molecule has 0 heterocycles. The third-order valence-corrected chi connectivity index (χ3v) is 2.13. The summed E-state index contributed by atoms with van der Waals surface area (Å²) in [7, 11) is 0. The molecule has 0 aromatic heterocycles. The number of carbonyl (C=O) groups excluding carboxylic acids is 2. The van der Waals surface area contributed by atoms with Crippen LogP contribution in [0, 0.1) is 0 Å². The quantitative estimate of drug-likeness (QED) is 0.322. The van der Waals surface area contributed by atoms with Crippen molar-refractivity contribution in [1.29, 1.82) is 0 Å². The van der Waals surface area contributed by atoms with Crippen molar-refractivity contribution in [2.24, 2.45) is 0 Å². The monoisotopic (exact) mass is 196 g/mol. The first-order chi connectivity index (χ1) is 6.85. The van der Waals surface area contributed by atoms with Gasteiger partial charge in [0.1, 0.15) is 12.6 Å². The first-order valence-corrected chi connectivity index (χ1v) is 5.43. The molecule has 0 radical (unpaired) electrons. The highest BCUT2D eigenvalue weighted by molar-refractivity contribution is 5.72. The molecular formula is C12H20O2. The number of aldehydes is 2. The standard InChI is InChI=1S/C12H20O2/c1-2-3-8-12(11-14)9-6-4-5-7-10-13/h8,10-11H,2-7,9H2,1H3. The molecule has 0 aromatic rings. The van der Waals surface area contributed by atoms with Crippen LogP contribution >= 0.6 is 0 Å². The first kappa shape index (κ1) is 13.1. The van der Waals surface area contributed by atoms with Gasteiger partial charge in [0.25, 0.3) is 0 Å². The van der Waals surface area contributed by atoms with E-state index in [0.717, 1.165) is 56.7 Å². The van der Waals surface area contributed by atoms with Crippen molar-refractivity contribution in [3.05, 3.63) is 11.6 Å². The highest BCUT2D eigenvalue weighted by atomic mass is 16.1. The van der Waals surface area contributed by atoms with Gasteiger partial charge in [0, 0.05) is 6.42 Å². The summed E-state index contributed by atoms with van der Waals surface area (Å²) in [6.07, 6.45) is 10.5. The maximum atomic E-state index is 10.6. The van der Waals surface area contributed by atoms with Gasteiger partial charge in [-0.25, -0.2) is 0 Å². The summed E-state index contributed by atoms with van der Waals surface area (Å²) >= 11 is 0. The van der Waals surface area contributed by atoms with Gasteiger partial charge in [-0.3, -0.25) is 4.79 Å². The summed E-state index contributed by atoms with van der Waals surface area (Å²) in [4.78, 5) is 20.6. The molecule has 0 aliphatic carbocycles. The largest absolute Gasteiger partial charge is 0.303 e. The van der Waals surface area contributed by atoms with Gasteiger partial charge in [0.05, 0.1) is 0 Å². The Hall–Kier alpha value is -0.920. The molecule has 14 heavy (non-hydrogen) atoms. The lowest BCUT2D eigenvalue weighted by atomic mass is 10.1. The Balaban J connectivity index is 3.52. The lowest BCUT2D eigenvalue weighted by Gasteiger charge is -1.99. The SMILES string of the molecule is CCCC=C(C=O)CCCCCC=O. The smallest absolute Gasteiger partial charge is 0.145 e. The number of hydrogen-bond acceptors (Lipinski definition) is 2. The summed E-state index contributed by atoms with van der Waals surface area (Å²) < 4.78 is 0. The van der Waals surface area contributed by atoms with Crippen LogP contribution in [0.5, 0.6) is 0 Å². The van der Waals surface area contributed by atoms with Gasteiger partial charge < -0.3 is 4.79 Å². The lowest BCUT2D eigenvalue weighted by molar-refractivity contribution is -0.108. The maximum Gasteiger partial charge on any atom is 0.145 e. The van der Waals surface area contributed by atoms with E-state index in [4.69, 9.17) is 0 Å². The van der Waals surface area contributed by atoms with Crippen molar-refractivity contribution in [3.8, 4) is 0 Å². The summed E-state index contributed by atoms with van der Waals surface area (Å²) in [6, 6.07) is 0. The molecule has 0 aliphatic rings. The predicted octanol–water partition coefficient (Wildman–Crippen LogP) is 3.06. The molecule has 0 atom stereocenters. The summed E-state index contributed by atoms with van der Waals surface area (Å²) in [5, 5.41) is 0. The third kappa shape index (κ3) is 7.71. The number of hydrogen-bond donors (Lipinski definition) is 0.